The number of fused-ring (bicyclic) bond motifs is 1. The molecule has 5 heteroatoms. The number of unbranched alkanes of at least 4 members (excludes halogenated alkanes) is 2. The molecule has 0 atom stereocenters. The summed E-state index contributed by atoms with van der Waals surface area (Å²) in [5, 5.41) is 9.02. The first kappa shape index (κ1) is 17.8. The molecule has 1 heterocycles. The van der Waals surface area contributed by atoms with Crippen molar-refractivity contribution in [1.29, 1.82) is 0 Å². The molecule has 23 heavy (non-hydrogen) atoms. The van der Waals surface area contributed by atoms with E-state index in [4.69, 9.17) is 14.6 Å². The molecular weight excluding hydrogens is 294 g/mol. The second-order valence-electron chi connectivity index (χ2n) is 5.92. The monoisotopic (exact) mass is 321 g/mol. The minimum absolute atomic E-state index is 0.127. The van der Waals surface area contributed by atoms with Crippen molar-refractivity contribution in [3.63, 3.8) is 0 Å². The average Bonchev–Trinajstić information content (AvgIpc) is 2.57. The third kappa shape index (κ3) is 5.84. The van der Waals surface area contributed by atoms with Gasteiger partial charge in [0.15, 0.2) is 0 Å². The smallest absolute Gasteiger partial charge is 0.306 e. The van der Waals surface area contributed by atoms with Crippen molar-refractivity contribution in [3.8, 4) is 5.75 Å². The van der Waals surface area contributed by atoms with Crippen molar-refractivity contribution in [2.75, 3.05) is 26.5 Å². The Labute approximate surface area is 138 Å². The fourth-order valence-corrected chi connectivity index (χ4v) is 2.64. The Bertz CT molecular complexity index is 504. The number of esters is 1. The molecule has 0 saturated carbocycles. The molecule has 0 amide bonds. The minimum Gasteiger partial charge on any atom is -0.478 e. The van der Waals surface area contributed by atoms with Crippen LogP contribution in [0.5, 0.6) is 5.75 Å². The number of β-amino-alcohol motifs (C(OH)–C–C–N with tert-alkyl or cyclic N) is 1. The number of hydrogen-bond donors (Lipinski definition) is 1. The molecular formula is C18H27NO4. The topological polar surface area (TPSA) is 59.0 Å². The largest absolute Gasteiger partial charge is 0.478 e. The van der Waals surface area contributed by atoms with Crippen molar-refractivity contribution in [1.82, 2.24) is 4.90 Å². The van der Waals surface area contributed by atoms with Crippen LogP contribution in [0.1, 0.15) is 43.7 Å². The Morgan fingerprint density at radius 2 is 2.26 bits per heavy atom. The number of nitrogens with zero attached hydrogens (tertiary/aromatic N) is 1. The number of carbonyl (C=O) groups is 1. The van der Waals surface area contributed by atoms with E-state index in [1.165, 1.54) is 0 Å². The first-order valence-corrected chi connectivity index (χ1v) is 8.46. The molecule has 1 aromatic rings. The SMILES string of the molecule is CCCCCOC(=O)CCc1ccc2c(c1)CN(CCO)CO2. The molecule has 0 saturated heterocycles. The Balaban J connectivity index is 1.80. The van der Waals surface area contributed by atoms with Gasteiger partial charge in [0.25, 0.3) is 0 Å². The van der Waals surface area contributed by atoms with Crippen LogP contribution in [0.3, 0.4) is 0 Å². The average molecular weight is 321 g/mol. The van der Waals surface area contributed by atoms with E-state index >= 15 is 0 Å². The second kappa shape index (κ2) is 9.53. The molecule has 0 aliphatic carbocycles. The van der Waals surface area contributed by atoms with Gasteiger partial charge in [-0.1, -0.05) is 31.9 Å². The molecule has 2 rings (SSSR count). The number of carbonyl (C=O) groups excluding carboxylic acids is 1. The van der Waals surface area contributed by atoms with Crippen LogP contribution in [0.4, 0.5) is 0 Å². The predicted molar refractivity (Wildman–Crippen MR) is 88.2 cm³/mol. The van der Waals surface area contributed by atoms with E-state index in [-0.39, 0.29) is 12.6 Å². The van der Waals surface area contributed by atoms with Crippen LogP contribution in [0.25, 0.3) is 0 Å². The maximum Gasteiger partial charge on any atom is 0.306 e. The Morgan fingerprint density at radius 3 is 3.04 bits per heavy atom. The van der Waals surface area contributed by atoms with E-state index in [0.717, 1.165) is 42.7 Å². The van der Waals surface area contributed by atoms with Gasteiger partial charge in [-0.25, -0.2) is 0 Å². The molecule has 0 radical (unpaired) electrons. The quantitative estimate of drug-likeness (QED) is 0.559. The van der Waals surface area contributed by atoms with Crippen LogP contribution >= 0.6 is 0 Å². The molecule has 0 bridgehead atoms. The lowest BCUT2D eigenvalue weighted by molar-refractivity contribution is -0.143. The fourth-order valence-electron chi connectivity index (χ4n) is 2.64. The summed E-state index contributed by atoms with van der Waals surface area (Å²) in [4.78, 5) is 13.8. The van der Waals surface area contributed by atoms with Crippen LogP contribution in [0, 0.1) is 0 Å². The third-order valence-electron chi connectivity index (χ3n) is 3.97. The van der Waals surface area contributed by atoms with E-state index in [1.54, 1.807) is 0 Å². The number of aliphatic hydroxyl groups is 1. The summed E-state index contributed by atoms with van der Waals surface area (Å²) < 4.78 is 10.9. The third-order valence-corrected chi connectivity index (χ3v) is 3.97. The summed E-state index contributed by atoms with van der Waals surface area (Å²) in [5.74, 6) is 0.766. The van der Waals surface area contributed by atoms with Crippen molar-refractivity contribution in [2.24, 2.45) is 0 Å². The zero-order valence-corrected chi connectivity index (χ0v) is 13.9. The normalized spacial score (nSPS) is 14.2. The van der Waals surface area contributed by atoms with Crippen molar-refractivity contribution in [2.45, 2.75) is 45.6 Å². The molecule has 0 aromatic heterocycles. The lowest BCUT2D eigenvalue weighted by Crippen LogP contribution is -2.34. The van der Waals surface area contributed by atoms with Crippen LogP contribution in [-0.2, 0) is 22.5 Å². The van der Waals surface area contributed by atoms with Crippen molar-refractivity contribution < 1.29 is 19.4 Å². The van der Waals surface area contributed by atoms with Gasteiger partial charge in [-0.2, -0.15) is 0 Å². The Hall–Kier alpha value is -1.59. The first-order chi connectivity index (χ1) is 11.2. The lowest BCUT2D eigenvalue weighted by atomic mass is 10.0. The van der Waals surface area contributed by atoms with Crippen LogP contribution in [-0.4, -0.2) is 42.5 Å². The maximum atomic E-state index is 11.7. The van der Waals surface area contributed by atoms with E-state index in [0.29, 0.717) is 32.7 Å². The van der Waals surface area contributed by atoms with Gasteiger partial charge in [0.05, 0.1) is 13.2 Å². The summed E-state index contributed by atoms with van der Waals surface area (Å²) in [6.45, 7) is 4.67. The van der Waals surface area contributed by atoms with Crippen molar-refractivity contribution >= 4 is 5.97 Å². The lowest BCUT2D eigenvalue weighted by Gasteiger charge is -2.28. The summed E-state index contributed by atoms with van der Waals surface area (Å²) in [7, 11) is 0. The van der Waals surface area contributed by atoms with E-state index in [9.17, 15) is 4.79 Å². The Morgan fingerprint density at radius 1 is 1.39 bits per heavy atom. The highest BCUT2D eigenvalue weighted by atomic mass is 16.5. The number of aryl methyl sites for hydroxylation is 1. The minimum atomic E-state index is -0.128. The molecule has 1 aliphatic heterocycles. The molecule has 0 unspecified atom stereocenters. The highest BCUT2D eigenvalue weighted by molar-refractivity contribution is 5.69. The van der Waals surface area contributed by atoms with Crippen LogP contribution < -0.4 is 4.74 Å². The van der Waals surface area contributed by atoms with E-state index < -0.39 is 0 Å². The summed E-state index contributed by atoms with van der Waals surface area (Å²) in [6.07, 6.45) is 4.26. The number of hydrogen-bond acceptors (Lipinski definition) is 5. The second-order valence-corrected chi connectivity index (χ2v) is 5.92. The van der Waals surface area contributed by atoms with Gasteiger partial charge in [-0.05, 0) is 24.5 Å². The molecule has 5 nitrogen and oxygen atoms in total. The van der Waals surface area contributed by atoms with Gasteiger partial charge in [-0.15, -0.1) is 0 Å². The highest BCUT2D eigenvalue weighted by Gasteiger charge is 2.17. The molecule has 1 aromatic carbocycles. The zero-order chi connectivity index (χ0) is 16.5. The number of aliphatic hydroxyl groups excluding tert-OH is 1. The van der Waals surface area contributed by atoms with Gasteiger partial charge in [0, 0.05) is 25.1 Å². The molecule has 1 N–H and O–H groups in total. The number of ether oxygens (including phenoxy) is 2. The van der Waals surface area contributed by atoms with Gasteiger partial charge < -0.3 is 14.6 Å². The van der Waals surface area contributed by atoms with E-state index in [1.807, 2.05) is 17.0 Å². The summed E-state index contributed by atoms with van der Waals surface area (Å²) in [5.41, 5.74) is 2.22. The highest BCUT2D eigenvalue weighted by Crippen LogP contribution is 2.26. The molecule has 0 spiro atoms. The maximum absolute atomic E-state index is 11.7. The Kier molecular flexibility index (Phi) is 7.36. The first-order valence-electron chi connectivity index (χ1n) is 8.46. The van der Waals surface area contributed by atoms with Gasteiger partial charge >= 0.3 is 5.97 Å². The summed E-state index contributed by atoms with van der Waals surface area (Å²) in [6, 6.07) is 6.06. The molecule has 0 fully saturated rings. The van der Waals surface area contributed by atoms with E-state index in [2.05, 4.69) is 13.0 Å². The van der Waals surface area contributed by atoms with Gasteiger partial charge in [0.1, 0.15) is 12.5 Å². The fraction of sp³-hybridized carbons (Fsp3) is 0.611. The van der Waals surface area contributed by atoms with Crippen LogP contribution in [0.15, 0.2) is 18.2 Å². The van der Waals surface area contributed by atoms with Gasteiger partial charge in [0.2, 0.25) is 0 Å². The van der Waals surface area contributed by atoms with Crippen molar-refractivity contribution in [3.05, 3.63) is 29.3 Å². The number of benzene rings is 1. The van der Waals surface area contributed by atoms with Crippen LogP contribution in [0.2, 0.25) is 0 Å². The summed E-state index contributed by atoms with van der Waals surface area (Å²) >= 11 is 0. The predicted octanol–water partition coefficient (Wildman–Crippen LogP) is 2.50. The number of rotatable bonds is 9. The standard InChI is InChI=1S/C18H27NO4/c1-2-3-4-11-22-18(21)8-6-15-5-7-17-16(12-15)13-19(9-10-20)14-23-17/h5,7,12,20H,2-4,6,8-11,13-14H2,1H3. The van der Waals surface area contributed by atoms with Gasteiger partial charge in [-0.3, -0.25) is 9.69 Å². The zero-order valence-electron chi connectivity index (χ0n) is 13.9. The molecule has 1 aliphatic rings. The molecule has 128 valence electrons.